The van der Waals surface area contributed by atoms with Crippen LogP contribution in [-0.2, 0) is 32.1 Å². The maximum Gasteiger partial charge on any atom is 0.287 e. The van der Waals surface area contributed by atoms with Crippen molar-refractivity contribution in [1.82, 2.24) is 10.2 Å². The van der Waals surface area contributed by atoms with Gasteiger partial charge >= 0.3 is 0 Å². The molecule has 7 nitrogen and oxygen atoms in total. The molecule has 2 aliphatic rings. The molecule has 1 aromatic carbocycles. The number of aliphatic hydroxyl groups is 1. The van der Waals surface area contributed by atoms with Gasteiger partial charge in [0.1, 0.15) is 11.6 Å². The maximum absolute atomic E-state index is 12.8. The van der Waals surface area contributed by atoms with Gasteiger partial charge in [0.05, 0.1) is 6.61 Å². The van der Waals surface area contributed by atoms with Gasteiger partial charge in [0, 0.05) is 25.6 Å². The van der Waals surface area contributed by atoms with Gasteiger partial charge in [0.2, 0.25) is 5.91 Å². The van der Waals surface area contributed by atoms with E-state index in [0.29, 0.717) is 13.1 Å². The summed E-state index contributed by atoms with van der Waals surface area (Å²) in [6.07, 6.45) is 2.04. The number of carbonyl (C=O) groups is 3. The van der Waals surface area contributed by atoms with E-state index in [4.69, 9.17) is 4.74 Å². The summed E-state index contributed by atoms with van der Waals surface area (Å²) >= 11 is 0. The first-order chi connectivity index (χ1) is 12.8. The van der Waals surface area contributed by atoms with Crippen molar-refractivity contribution in [3.63, 3.8) is 0 Å². The Morgan fingerprint density at radius 3 is 2.67 bits per heavy atom. The number of fused-ring (bicyclic) bond motifs is 1. The van der Waals surface area contributed by atoms with E-state index in [1.54, 1.807) is 18.7 Å². The quantitative estimate of drug-likeness (QED) is 0.811. The maximum atomic E-state index is 12.8. The summed E-state index contributed by atoms with van der Waals surface area (Å²) < 4.78 is 5.54. The molecule has 1 aromatic rings. The van der Waals surface area contributed by atoms with E-state index in [9.17, 15) is 19.5 Å². The van der Waals surface area contributed by atoms with Crippen LogP contribution in [0.25, 0.3) is 0 Å². The Labute approximate surface area is 158 Å². The summed E-state index contributed by atoms with van der Waals surface area (Å²) in [6, 6.07) is 6.80. The van der Waals surface area contributed by atoms with Crippen molar-refractivity contribution in [2.75, 3.05) is 13.2 Å². The van der Waals surface area contributed by atoms with Crippen LogP contribution in [0.3, 0.4) is 0 Å². The number of amides is 2. The summed E-state index contributed by atoms with van der Waals surface area (Å²) in [4.78, 5) is 38.6. The predicted octanol–water partition coefficient (Wildman–Crippen LogP) is 0.700. The molecule has 2 aliphatic heterocycles. The molecule has 0 saturated carbocycles. The van der Waals surface area contributed by atoms with Gasteiger partial charge in [-0.2, -0.15) is 0 Å². The molecule has 7 heteroatoms. The summed E-state index contributed by atoms with van der Waals surface area (Å²) in [5, 5.41) is 12.1. The molecule has 2 N–H and O–H groups in total. The first-order valence-electron chi connectivity index (χ1n) is 9.00. The Hall–Kier alpha value is -2.67. The van der Waals surface area contributed by atoms with Crippen molar-refractivity contribution in [2.24, 2.45) is 0 Å². The second-order valence-corrected chi connectivity index (χ2v) is 7.50. The monoisotopic (exact) mass is 372 g/mol. The zero-order valence-electron chi connectivity index (χ0n) is 15.5. The topological polar surface area (TPSA) is 95.9 Å². The Morgan fingerprint density at radius 1 is 1.30 bits per heavy atom. The van der Waals surface area contributed by atoms with Crippen LogP contribution < -0.4 is 5.32 Å². The zero-order chi connectivity index (χ0) is 19.6. The van der Waals surface area contributed by atoms with Gasteiger partial charge in [-0.3, -0.25) is 14.4 Å². The number of aliphatic hydroxyl groups excluding tert-OH is 1. The van der Waals surface area contributed by atoms with Crippen LogP contribution in [-0.4, -0.2) is 52.4 Å². The molecule has 27 heavy (non-hydrogen) atoms. The van der Waals surface area contributed by atoms with Crippen molar-refractivity contribution in [3.05, 3.63) is 47.2 Å². The van der Waals surface area contributed by atoms with Crippen LogP contribution in [0.2, 0.25) is 0 Å². The summed E-state index contributed by atoms with van der Waals surface area (Å²) in [6.45, 7) is 3.85. The lowest BCUT2D eigenvalue weighted by Gasteiger charge is -2.33. The number of nitrogens with one attached hydrogen (secondary N) is 1. The molecule has 1 atom stereocenters. The minimum absolute atomic E-state index is 0.133. The molecule has 0 aromatic heterocycles. The third kappa shape index (κ3) is 4.36. The molecule has 0 unspecified atom stereocenters. The van der Waals surface area contributed by atoms with E-state index in [-0.39, 0.29) is 23.9 Å². The molecule has 144 valence electrons. The molecule has 0 bridgehead atoms. The zero-order valence-corrected chi connectivity index (χ0v) is 15.5. The Balaban J connectivity index is 1.67. The van der Waals surface area contributed by atoms with Crippen LogP contribution >= 0.6 is 0 Å². The van der Waals surface area contributed by atoms with E-state index in [2.05, 4.69) is 5.32 Å². The minimum Gasteiger partial charge on any atom is -0.482 e. The van der Waals surface area contributed by atoms with Crippen molar-refractivity contribution in [2.45, 2.75) is 44.9 Å². The van der Waals surface area contributed by atoms with Gasteiger partial charge in [0.25, 0.3) is 5.91 Å². The van der Waals surface area contributed by atoms with Gasteiger partial charge in [-0.05, 0) is 31.4 Å². The van der Waals surface area contributed by atoms with Crippen molar-refractivity contribution >= 4 is 17.6 Å². The number of hydrogen-bond acceptors (Lipinski definition) is 5. The molecular weight excluding hydrogens is 348 g/mol. The fourth-order valence-corrected chi connectivity index (χ4v) is 3.41. The highest BCUT2D eigenvalue weighted by atomic mass is 16.5. The van der Waals surface area contributed by atoms with E-state index in [0.717, 1.165) is 18.1 Å². The average Bonchev–Trinajstić information content (AvgIpc) is 2.63. The SMILES string of the molecule is CC1(C)CC(=O)C=C(C(=O)N[C@@H](CO)C(=O)N2CCc3ccccc3C2)O1. The first-order valence-corrected chi connectivity index (χ1v) is 9.00. The number of nitrogens with zero attached hydrogens (tertiary/aromatic N) is 1. The van der Waals surface area contributed by atoms with Gasteiger partial charge in [-0.25, -0.2) is 0 Å². The fourth-order valence-electron chi connectivity index (χ4n) is 3.41. The van der Waals surface area contributed by atoms with Crippen molar-refractivity contribution in [3.8, 4) is 0 Å². The fraction of sp³-hybridized carbons (Fsp3) is 0.450. The number of ether oxygens (including phenoxy) is 1. The van der Waals surface area contributed by atoms with Crippen LogP contribution in [0, 0.1) is 0 Å². The van der Waals surface area contributed by atoms with Gasteiger partial charge in [-0.15, -0.1) is 0 Å². The van der Waals surface area contributed by atoms with Gasteiger partial charge < -0.3 is 20.1 Å². The number of benzene rings is 1. The van der Waals surface area contributed by atoms with Crippen LogP contribution in [0.1, 0.15) is 31.4 Å². The Kier molecular flexibility index (Phi) is 5.32. The lowest BCUT2D eigenvalue weighted by molar-refractivity contribution is -0.139. The van der Waals surface area contributed by atoms with Crippen molar-refractivity contribution < 1.29 is 24.2 Å². The Morgan fingerprint density at radius 2 is 2.00 bits per heavy atom. The number of rotatable bonds is 4. The van der Waals surface area contributed by atoms with E-state index in [1.807, 2.05) is 24.3 Å². The number of hydrogen-bond donors (Lipinski definition) is 2. The van der Waals surface area contributed by atoms with Gasteiger partial charge in [0.15, 0.2) is 11.5 Å². The molecule has 0 aliphatic carbocycles. The molecule has 0 radical (unpaired) electrons. The molecule has 0 saturated heterocycles. The number of allylic oxidation sites excluding steroid dienone is 1. The molecule has 0 spiro atoms. The summed E-state index contributed by atoms with van der Waals surface area (Å²) in [5.74, 6) is -1.38. The minimum atomic E-state index is -1.09. The molecule has 2 amide bonds. The van der Waals surface area contributed by atoms with Crippen LogP contribution in [0.4, 0.5) is 0 Å². The highest BCUT2D eigenvalue weighted by Crippen LogP contribution is 2.25. The number of ketones is 1. The summed E-state index contributed by atoms with van der Waals surface area (Å²) in [7, 11) is 0. The highest BCUT2D eigenvalue weighted by molar-refractivity contribution is 6.03. The first kappa shape index (κ1) is 19.1. The van der Waals surface area contributed by atoms with Crippen LogP contribution in [0.15, 0.2) is 36.1 Å². The van der Waals surface area contributed by atoms with E-state index < -0.39 is 24.2 Å². The predicted molar refractivity (Wildman–Crippen MR) is 97.5 cm³/mol. The average molecular weight is 372 g/mol. The molecular formula is C20H24N2O5. The van der Waals surface area contributed by atoms with Crippen molar-refractivity contribution in [1.29, 1.82) is 0 Å². The standard InChI is InChI=1S/C20H24N2O5/c1-20(2)10-15(24)9-17(27-20)18(25)21-16(12-23)19(26)22-8-7-13-5-3-4-6-14(13)11-22/h3-6,9,16,23H,7-8,10-12H2,1-2H3,(H,21,25)/t16-/m0/s1. The van der Waals surface area contributed by atoms with E-state index >= 15 is 0 Å². The summed E-state index contributed by atoms with van der Waals surface area (Å²) in [5.41, 5.74) is 1.48. The molecule has 2 heterocycles. The third-order valence-corrected chi connectivity index (χ3v) is 4.73. The highest BCUT2D eigenvalue weighted by Gasteiger charge is 2.34. The lowest BCUT2D eigenvalue weighted by Crippen LogP contribution is -2.52. The van der Waals surface area contributed by atoms with Crippen LogP contribution in [0.5, 0.6) is 0 Å². The largest absolute Gasteiger partial charge is 0.482 e. The number of carbonyl (C=O) groups excluding carboxylic acids is 3. The lowest BCUT2D eigenvalue weighted by atomic mass is 9.98. The second kappa shape index (κ2) is 7.52. The smallest absolute Gasteiger partial charge is 0.287 e. The Bertz CT molecular complexity index is 799. The molecule has 0 fully saturated rings. The second-order valence-electron chi connectivity index (χ2n) is 7.50. The van der Waals surface area contributed by atoms with Gasteiger partial charge in [-0.1, -0.05) is 24.3 Å². The third-order valence-electron chi connectivity index (χ3n) is 4.73. The normalized spacial score (nSPS) is 19.4. The van der Waals surface area contributed by atoms with E-state index in [1.165, 1.54) is 5.56 Å². The molecule has 3 rings (SSSR count).